The van der Waals surface area contributed by atoms with Gasteiger partial charge in [0.25, 0.3) is 0 Å². The summed E-state index contributed by atoms with van der Waals surface area (Å²) in [4.78, 5) is 16.3. The Bertz CT molecular complexity index is 730. The predicted molar refractivity (Wildman–Crippen MR) is 112 cm³/mol. The fraction of sp³-hybridized carbons (Fsp3) is 0.727. The van der Waals surface area contributed by atoms with Crippen molar-refractivity contribution in [1.29, 1.82) is 5.26 Å². The van der Waals surface area contributed by atoms with Crippen molar-refractivity contribution in [2.75, 3.05) is 11.9 Å². The van der Waals surface area contributed by atoms with Crippen LogP contribution in [0.25, 0.3) is 0 Å². The molecule has 2 heterocycles. The van der Waals surface area contributed by atoms with Crippen molar-refractivity contribution in [3.05, 3.63) is 16.0 Å². The molecule has 0 radical (unpaired) electrons. The number of carbonyl (C=O) groups excluding carboxylic acids is 1. The molecule has 3 rings (SSSR count). The molecule has 2 aliphatic rings. The molecule has 1 aromatic heterocycles. The van der Waals surface area contributed by atoms with Gasteiger partial charge in [-0.3, -0.25) is 9.69 Å². The first-order chi connectivity index (χ1) is 12.7. The molecule has 0 bridgehead atoms. The summed E-state index contributed by atoms with van der Waals surface area (Å²) in [6.45, 7) is 11.7. The standard InChI is InChI=1S/C22H33N3OS/c1-14-7-6-8-15(2)25(14)13-20(26)24-21-18(12-23)17-10-9-16(22(3,4)5)11-19(17)27-21/h14-16H,6-11,13H2,1-5H3,(H,24,26). The molecule has 1 saturated heterocycles. The van der Waals surface area contributed by atoms with E-state index in [2.05, 4.69) is 50.9 Å². The second kappa shape index (κ2) is 7.93. The van der Waals surface area contributed by atoms with Crippen LogP contribution >= 0.6 is 11.3 Å². The molecular formula is C22H33N3OS. The molecule has 1 aliphatic carbocycles. The summed E-state index contributed by atoms with van der Waals surface area (Å²) in [5, 5.41) is 13.5. The second-order valence-corrected chi connectivity index (χ2v) is 10.6. The van der Waals surface area contributed by atoms with Gasteiger partial charge in [-0.2, -0.15) is 5.26 Å². The van der Waals surface area contributed by atoms with Gasteiger partial charge >= 0.3 is 0 Å². The summed E-state index contributed by atoms with van der Waals surface area (Å²) in [6.07, 6.45) is 6.65. The Morgan fingerprint density at radius 1 is 1.26 bits per heavy atom. The van der Waals surface area contributed by atoms with Crippen LogP contribution in [-0.2, 0) is 17.6 Å². The van der Waals surface area contributed by atoms with Crippen LogP contribution in [0.3, 0.4) is 0 Å². The summed E-state index contributed by atoms with van der Waals surface area (Å²) in [5.74, 6) is 0.645. The van der Waals surface area contributed by atoms with Gasteiger partial charge in [-0.25, -0.2) is 0 Å². The van der Waals surface area contributed by atoms with E-state index >= 15 is 0 Å². The normalized spacial score (nSPS) is 26.3. The fourth-order valence-electron chi connectivity index (χ4n) is 4.65. The molecule has 3 unspecified atom stereocenters. The second-order valence-electron chi connectivity index (χ2n) is 9.47. The number of rotatable bonds is 3. The maximum absolute atomic E-state index is 12.7. The Morgan fingerprint density at radius 3 is 2.52 bits per heavy atom. The molecule has 1 N–H and O–H groups in total. The van der Waals surface area contributed by atoms with Crippen LogP contribution in [0, 0.1) is 22.7 Å². The van der Waals surface area contributed by atoms with Gasteiger partial charge in [-0.15, -0.1) is 11.3 Å². The van der Waals surface area contributed by atoms with Gasteiger partial charge in [-0.05, 0) is 62.8 Å². The molecule has 0 saturated carbocycles. The minimum absolute atomic E-state index is 0.0121. The first-order valence-corrected chi connectivity index (χ1v) is 11.1. The minimum atomic E-state index is 0.0121. The van der Waals surface area contributed by atoms with Crippen molar-refractivity contribution in [2.24, 2.45) is 11.3 Å². The summed E-state index contributed by atoms with van der Waals surface area (Å²) in [5.41, 5.74) is 2.16. The van der Waals surface area contributed by atoms with Crippen LogP contribution in [0.1, 0.15) is 76.3 Å². The van der Waals surface area contributed by atoms with Crippen molar-refractivity contribution >= 4 is 22.2 Å². The number of nitrogens with zero attached hydrogens (tertiary/aromatic N) is 2. The Hall–Kier alpha value is -1.38. The zero-order valence-electron chi connectivity index (χ0n) is 17.4. The molecule has 1 fully saturated rings. The zero-order chi connectivity index (χ0) is 19.8. The highest BCUT2D eigenvalue weighted by atomic mass is 32.1. The Morgan fingerprint density at radius 2 is 1.93 bits per heavy atom. The lowest BCUT2D eigenvalue weighted by atomic mass is 9.72. The SMILES string of the molecule is CC1CCCC(C)N1CC(=O)Nc1sc2c(c1C#N)CCC(C(C)(C)C)C2. The Kier molecular flexibility index (Phi) is 5.98. The summed E-state index contributed by atoms with van der Waals surface area (Å²) >= 11 is 1.63. The fourth-order valence-corrected chi connectivity index (χ4v) is 5.94. The van der Waals surface area contributed by atoms with Gasteiger partial charge in [0.15, 0.2) is 0 Å². The van der Waals surface area contributed by atoms with Crippen molar-refractivity contribution in [1.82, 2.24) is 4.90 Å². The average Bonchev–Trinajstić information content (AvgIpc) is 2.93. The topological polar surface area (TPSA) is 56.1 Å². The molecule has 0 aromatic carbocycles. The van der Waals surface area contributed by atoms with Gasteiger partial charge in [0, 0.05) is 17.0 Å². The van der Waals surface area contributed by atoms with Crippen molar-refractivity contribution in [3.63, 3.8) is 0 Å². The molecule has 0 spiro atoms. The predicted octanol–water partition coefficient (Wildman–Crippen LogP) is 4.97. The van der Waals surface area contributed by atoms with E-state index in [4.69, 9.17) is 0 Å². The maximum Gasteiger partial charge on any atom is 0.239 e. The average molecular weight is 388 g/mol. The van der Waals surface area contributed by atoms with E-state index in [1.54, 1.807) is 11.3 Å². The quantitative estimate of drug-likeness (QED) is 0.796. The van der Waals surface area contributed by atoms with E-state index in [1.165, 1.54) is 16.9 Å². The lowest BCUT2D eigenvalue weighted by molar-refractivity contribution is -0.118. The van der Waals surface area contributed by atoms with Crippen LogP contribution < -0.4 is 5.32 Å². The minimum Gasteiger partial charge on any atom is -0.315 e. The monoisotopic (exact) mass is 387 g/mol. The third-order valence-electron chi connectivity index (χ3n) is 6.56. The van der Waals surface area contributed by atoms with E-state index in [9.17, 15) is 10.1 Å². The third-order valence-corrected chi connectivity index (χ3v) is 7.73. The molecular weight excluding hydrogens is 354 g/mol. The summed E-state index contributed by atoms with van der Waals surface area (Å²) < 4.78 is 0. The number of carbonyl (C=O) groups is 1. The largest absolute Gasteiger partial charge is 0.315 e. The molecule has 148 valence electrons. The highest BCUT2D eigenvalue weighted by Crippen LogP contribution is 2.44. The smallest absolute Gasteiger partial charge is 0.239 e. The van der Waals surface area contributed by atoms with Gasteiger partial charge in [0.1, 0.15) is 11.1 Å². The Balaban J connectivity index is 1.73. The van der Waals surface area contributed by atoms with E-state index in [1.807, 2.05) is 0 Å². The number of anilines is 1. The number of nitriles is 1. The maximum atomic E-state index is 12.7. The first-order valence-electron chi connectivity index (χ1n) is 10.3. The van der Waals surface area contributed by atoms with Gasteiger partial charge in [0.05, 0.1) is 12.1 Å². The number of nitrogens with one attached hydrogen (secondary N) is 1. The van der Waals surface area contributed by atoms with Crippen molar-refractivity contribution in [3.8, 4) is 6.07 Å². The van der Waals surface area contributed by atoms with E-state index in [0.717, 1.165) is 37.1 Å². The van der Waals surface area contributed by atoms with Gasteiger partial charge in [0.2, 0.25) is 5.91 Å². The Labute approximate surface area is 167 Å². The number of amides is 1. The van der Waals surface area contributed by atoms with Gasteiger partial charge < -0.3 is 5.32 Å². The molecule has 27 heavy (non-hydrogen) atoms. The molecule has 1 amide bonds. The van der Waals surface area contributed by atoms with Crippen LogP contribution in [0.5, 0.6) is 0 Å². The number of hydrogen-bond donors (Lipinski definition) is 1. The highest BCUT2D eigenvalue weighted by molar-refractivity contribution is 7.16. The van der Waals surface area contributed by atoms with E-state index in [-0.39, 0.29) is 11.3 Å². The van der Waals surface area contributed by atoms with E-state index < -0.39 is 0 Å². The summed E-state index contributed by atoms with van der Waals surface area (Å²) in [6, 6.07) is 3.25. The number of piperidine rings is 1. The number of thiophene rings is 1. The molecule has 4 nitrogen and oxygen atoms in total. The number of fused-ring (bicyclic) bond motifs is 1. The molecule has 1 aromatic rings. The lowest BCUT2D eigenvalue weighted by Crippen LogP contribution is -2.47. The third kappa shape index (κ3) is 4.38. The van der Waals surface area contributed by atoms with Crippen LogP contribution in [0.15, 0.2) is 0 Å². The number of hydrogen-bond acceptors (Lipinski definition) is 4. The number of likely N-dealkylation sites (tertiary alicyclic amines) is 1. The first kappa shape index (κ1) is 20.4. The van der Waals surface area contributed by atoms with Crippen LogP contribution in [0.2, 0.25) is 0 Å². The lowest BCUT2D eigenvalue weighted by Gasteiger charge is -2.38. The van der Waals surface area contributed by atoms with E-state index in [0.29, 0.717) is 30.1 Å². The van der Waals surface area contributed by atoms with Crippen LogP contribution in [-0.4, -0.2) is 29.4 Å². The summed E-state index contributed by atoms with van der Waals surface area (Å²) in [7, 11) is 0. The van der Waals surface area contributed by atoms with Crippen LogP contribution in [0.4, 0.5) is 5.00 Å². The zero-order valence-corrected chi connectivity index (χ0v) is 18.2. The highest BCUT2D eigenvalue weighted by Gasteiger charge is 2.33. The van der Waals surface area contributed by atoms with Crippen molar-refractivity contribution in [2.45, 2.75) is 85.2 Å². The molecule has 3 atom stereocenters. The molecule has 5 heteroatoms. The molecule has 1 aliphatic heterocycles. The van der Waals surface area contributed by atoms with Gasteiger partial charge in [-0.1, -0.05) is 27.2 Å². The van der Waals surface area contributed by atoms with Crippen molar-refractivity contribution < 1.29 is 4.79 Å².